The highest BCUT2D eigenvalue weighted by molar-refractivity contribution is 5.81. The molecule has 0 aromatic heterocycles. The molecule has 100 valence electrons. The van der Waals surface area contributed by atoms with Crippen molar-refractivity contribution in [1.82, 2.24) is 0 Å². The molecule has 0 spiro atoms. The Bertz CT molecular complexity index is 396. The Hall–Kier alpha value is -1.72. The molecule has 0 bridgehead atoms. The predicted molar refractivity (Wildman–Crippen MR) is 58.5 cm³/mol. The lowest BCUT2D eigenvalue weighted by Crippen LogP contribution is -2.17. The number of Topliss-reactive ketones (excluding diaryl/α,β-unsaturated/α-hetero) is 1. The molecule has 0 fully saturated rings. The average molecular weight is 262 g/mol. The van der Waals surface area contributed by atoms with Gasteiger partial charge in [-0.2, -0.15) is 0 Å². The van der Waals surface area contributed by atoms with Crippen LogP contribution in [-0.2, 0) is 4.79 Å². The van der Waals surface area contributed by atoms with E-state index < -0.39 is 6.36 Å². The molecular formula is C12H13F3O3. The lowest BCUT2D eigenvalue weighted by atomic mass is 10.1. The van der Waals surface area contributed by atoms with E-state index >= 15 is 0 Å². The highest BCUT2D eigenvalue weighted by atomic mass is 19.4. The van der Waals surface area contributed by atoms with Gasteiger partial charge in [0.2, 0.25) is 0 Å². The van der Waals surface area contributed by atoms with Crippen LogP contribution in [0, 0.1) is 5.92 Å². The Morgan fingerprint density at radius 3 is 2.11 bits per heavy atom. The molecule has 0 aliphatic heterocycles. The number of rotatable bonds is 5. The fourth-order valence-electron chi connectivity index (χ4n) is 1.06. The van der Waals surface area contributed by atoms with Crippen LogP contribution < -0.4 is 9.47 Å². The third kappa shape index (κ3) is 5.07. The van der Waals surface area contributed by atoms with Gasteiger partial charge in [-0.15, -0.1) is 13.2 Å². The molecule has 6 heteroatoms. The van der Waals surface area contributed by atoms with E-state index in [1.807, 2.05) is 0 Å². The third-order valence-corrected chi connectivity index (χ3v) is 2.08. The number of carbonyl (C=O) groups is 1. The molecular weight excluding hydrogens is 249 g/mol. The molecule has 0 unspecified atom stereocenters. The SMILES string of the molecule is CC(C)C(=O)COc1ccc(OC(F)(F)F)cc1. The van der Waals surface area contributed by atoms with Gasteiger partial charge in [0.15, 0.2) is 5.78 Å². The molecule has 3 nitrogen and oxygen atoms in total. The quantitative estimate of drug-likeness (QED) is 0.817. The second-order valence-corrected chi connectivity index (χ2v) is 3.93. The van der Waals surface area contributed by atoms with Gasteiger partial charge >= 0.3 is 6.36 Å². The summed E-state index contributed by atoms with van der Waals surface area (Å²) < 4.78 is 44.5. The zero-order chi connectivity index (χ0) is 13.8. The first-order valence-corrected chi connectivity index (χ1v) is 5.29. The Morgan fingerprint density at radius 2 is 1.67 bits per heavy atom. The summed E-state index contributed by atoms with van der Waals surface area (Å²) in [6.07, 6.45) is -4.71. The largest absolute Gasteiger partial charge is 0.573 e. The molecule has 0 atom stereocenters. The minimum absolute atomic E-state index is 0.0781. The standard InChI is InChI=1S/C12H13F3O3/c1-8(2)11(16)7-17-9-3-5-10(6-4-9)18-12(13,14)15/h3-6,8H,7H2,1-2H3. The fourth-order valence-corrected chi connectivity index (χ4v) is 1.06. The maximum absolute atomic E-state index is 11.9. The van der Waals surface area contributed by atoms with Crippen molar-refractivity contribution in [1.29, 1.82) is 0 Å². The monoisotopic (exact) mass is 262 g/mol. The molecule has 1 aromatic carbocycles. The molecule has 0 N–H and O–H groups in total. The summed E-state index contributed by atoms with van der Waals surface area (Å²) in [5, 5.41) is 0. The lowest BCUT2D eigenvalue weighted by Gasteiger charge is -2.10. The minimum Gasteiger partial charge on any atom is -0.486 e. The molecule has 1 rings (SSSR count). The van der Waals surface area contributed by atoms with Crippen LogP contribution in [0.25, 0.3) is 0 Å². The summed E-state index contributed by atoms with van der Waals surface area (Å²) in [7, 11) is 0. The van der Waals surface area contributed by atoms with Gasteiger partial charge in [-0.05, 0) is 24.3 Å². The van der Waals surface area contributed by atoms with E-state index in [-0.39, 0.29) is 24.1 Å². The van der Waals surface area contributed by atoms with Crippen molar-refractivity contribution in [3.63, 3.8) is 0 Å². The molecule has 0 amide bonds. The van der Waals surface area contributed by atoms with Crippen LogP contribution in [0.1, 0.15) is 13.8 Å². The first-order chi connectivity index (χ1) is 8.28. The molecule has 1 aromatic rings. The topological polar surface area (TPSA) is 35.5 Å². The van der Waals surface area contributed by atoms with Crippen molar-refractivity contribution in [2.45, 2.75) is 20.2 Å². The van der Waals surface area contributed by atoms with Gasteiger partial charge in [0, 0.05) is 5.92 Å². The number of ketones is 1. The van der Waals surface area contributed by atoms with Crippen LogP contribution in [0.4, 0.5) is 13.2 Å². The third-order valence-electron chi connectivity index (χ3n) is 2.08. The summed E-state index contributed by atoms with van der Waals surface area (Å²) in [4.78, 5) is 11.3. The zero-order valence-electron chi connectivity index (χ0n) is 9.95. The average Bonchev–Trinajstić information content (AvgIpc) is 2.25. The molecule has 0 saturated carbocycles. The van der Waals surface area contributed by atoms with Crippen LogP contribution in [0.15, 0.2) is 24.3 Å². The van der Waals surface area contributed by atoms with Gasteiger partial charge in [0.1, 0.15) is 18.1 Å². The normalized spacial score (nSPS) is 11.4. The van der Waals surface area contributed by atoms with Gasteiger partial charge < -0.3 is 9.47 Å². The van der Waals surface area contributed by atoms with Gasteiger partial charge in [-0.1, -0.05) is 13.8 Å². The van der Waals surface area contributed by atoms with E-state index in [2.05, 4.69) is 4.74 Å². The summed E-state index contributed by atoms with van der Waals surface area (Å²) >= 11 is 0. The summed E-state index contributed by atoms with van der Waals surface area (Å²) in [5.41, 5.74) is 0. The lowest BCUT2D eigenvalue weighted by molar-refractivity contribution is -0.274. The van der Waals surface area contributed by atoms with Crippen LogP contribution in [0.2, 0.25) is 0 Å². The second-order valence-electron chi connectivity index (χ2n) is 3.93. The van der Waals surface area contributed by atoms with Gasteiger partial charge in [0.05, 0.1) is 0 Å². The van der Waals surface area contributed by atoms with E-state index in [4.69, 9.17) is 4.74 Å². The first kappa shape index (κ1) is 14.3. The van der Waals surface area contributed by atoms with Gasteiger partial charge in [-0.3, -0.25) is 4.79 Å². The molecule has 0 heterocycles. The van der Waals surface area contributed by atoms with Crippen LogP contribution >= 0.6 is 0 Å². The summed E-state index contributed by atoms with van der Waals surface area (Å²) in [5.74, 6) is -0.230. The van der Waals surface area contributed by atoms with Crippen LogP contribution in [0.5, 0.6) is 11.5 Å². The van der Waals surface area contributed by atoms with E-state index in [0.717, 1.165) is 12.1 Å². The number of halogens is 3. The molecule has 0 radical (unpaired) electrons. The first-order valence-electron chi connectivity index (χ1n) is 5.29. The smallest absolute Gasteiger partial charge is 0.486 e. The Kier molecular flexibility index (Phi) is 4.58. The van der Waals surface area contributed by atoms with Crippen molar-refractivity contribution >= 4 is 5.78 Å². The fraction of sp³-hybridized carbons (Fsp3) is 0.417. The maximum Gasteiger partial charge on any atom is 0.573 e. The van der Waals surface area contributed by atoms with Crippen molar-refractivity contribution in [2.24, 2.45) is 5.92 Å². The Labute approximate surface area is 103 Å². The molecule has 0 saturated heterocycles. The van der Waals surface area contributed by atoms with Crippen molar-refractivity contribution in [3.05, 3.63) is 24.3 Å². The highest BCUT2D eigenvalue weighted by Crippen LogP contribution is 2.24. The number of hydrogen-bond acceptors (Lipinski definition) is 3. The Morgan fingerprint density at radius 1 is 1.17 bits per heavy atom. The minimum atomic E-state index is -4.71. The van der Waals surface area contributed by atoms with Gasteiger partial charge in [0.25, 0.3) is 0 Å². The summed E-state index contributed by atoms with van der Waals surface area (Å²) in [6, 6.07) is 4.88. The molecule has 0 aliphatic carbocycles. The Balaban J connectivity index is 2.53. The number of benzene rings is 1. The van der Waals surface area contributed by atoms with E-state index in [1.54, 1.807) is 13.8 Å². The molecule has 18 heavy (non-hydrogen) atoms. The second kappa shape index (κ2) is 5.75. The van der Waals surface area contributed by atoms with E-state index in [1.165, 1.54) is 12.1 Å². The number of ether oxygens (including phenoxy) is 2. The predicted octanol–water partition coefficient (Wildman–Crippen LogP) is 3.19. The zero-order valence-corrected chi connectivity index (χ0v) is 9.95. The molecule has 0 aliphatic rings. The number of hydrogen-bond donors (Lipinski definition) is 0. The highest BCUT2D eigenvalue weighted by Gasteiger charge is 2.30. The van der Waals surface area contributed by atoms with Crippen molar-refractivity contribution in [3.8, 4) is 11.5 Å². The van der Waals surface area contributed by atoms with Gasteiger partial charge in [-0.25, -0.2) is 0 Å². The van der Waals surface area contributed by atoms with E-state index in [9.17, 15) is 18.0 Å². The number of alkyl halides is 3. The van der Waals surface area contributed by atoms with E-state index in [0.29, 0.717) is 5.75 Å². The summed E-state index contributed by atoms with van der Waals surface area (Å²) in [6.45, 7) is 3.38. The van der Waals surface area contributed by atoms with Crippen molar-refractivity contribution in [2.75, 3.05) is 6.61 Å². The van der Waals surface area contributed by atoms with Crippen molar-refractivity contribution < 1.29 is 27.4 Å². The van der Waals surface area contributed by atoms with Crippen LogP contribution in [-0.4, -0.2) is 18.8 Å². The maximum atomic E-state index is 11.9. The number of carbonyl (C=O) groups excluding carboxylic acids is 1. The van der Waals surface area contributed by atoms with Crippen LogP contribution in [0.3, 0.4) is 0 Å².